The van der Waals surface area contributed by atoms with E-state index in [1.54, 1.807) is 0 Å². The Bertz CT molecular complexity index is 250. The molecule has 1 saturated heterocycles. The number of hydrogen-bond acceptors (Lipinski definition) is 2. The maximum Gasteiger partial charge on any atom is 0.236 e. The second kappa shape index (κ2) is 5.50. The molecule has 1 aliphatic rings. The first kappa shape index (κ1) is 14.0. The average molecular weight is 292 g/mol. The van der Waals surface area contributed by atoms with Gasteiger partial charge in [-0.25, -0.2) is 0 Å². The van der Waals surface area contributed by atoms with Gasteiger partial charge in [-0.3, -0.25) is 4.79 Å². The topological polar surface area (TPSA) is 40.5 Å². The van der Waals surface area contributed by atoms with Crippen LogP contribution in [0.4, 0.5) is 0 Å². The predicted molar refractivity (Wildman–Crippen MR) is 68.6 cm³/mol. The standard InChI is InChI=1S/C12H22BrNO2/c1-12(2,3)10(6-8-15)14-7-4-5-9(13)11(14)16/h9-10,15H,4-8H2,1-3H3. The summed E-state index contributed by atoms with van der Waals surface area (Å²) in [5.74, 6) is 0.180. The highest BCUT2D eigenvalue weighted by atomic mass is 79.9. The Hall–Kier alpha value is -0.0900. The summed E-state index contributed by atoms with van der Waals surface area (Å²) < 4.78 is 0. The number of piperidine rings is 1. The number of halogens is 1. The molecule has 16 heavy (non-hydrogen) atoms. The zero-order chi connectivity index (χ0) is 12.3. The maximum atomic E-state index is 12.1. The van der Waals surface area contributed by atoms with Crippen molar-refractivity contribution < 1.29 is 9.90 Å². The normalized spacial score (nSPS) is 24.7. The molecule has 0 saturated carbocycles. The number of rotatable bonds is 3. The van der Waals surface area contributed by atoms with Gasteiger partial charge in [-0.2, -0.15) is 0 Å². The van der Waals surface area contributed by atoms with Crippen LogP contribution in [0.3, 0.4) is 0 Å². The van der Waals surface area contributed by atoms with Gasteiger partial charge in [0.1, 0.15) is 0 Å². The second-order valence-corrected chi connectivity index (χ2v) is 6.64. The minimum absolute atomic E-state index is 0.0163. The van der Waals surface area contributed by atoms with E-state index in [2.05, 4.69) is 36.7 Å². The highest BCUT2D eigenvalue weighted by Crippen LogP contribution is 2.31. The van der Waals surface area contributed by atoms with Gasteiger partial charge in [-0.1, -0.05) is 36.7 Å². The summed E-state index contributed by atoms with van der Waals surface area (Å²) in [6.07, 6.45) is 2.62. The molecule has 0 spiro atoms. The van der Waals surface area contributed by atoms with Gasteiger partial charge in [0.25, 0.3) is 0 Å². The third-order valence-electron chi connectivity index (χ3n) is 3.19. The van der Waals surface area contributed by atoms with Gasteiger partial charge in [-0.15, -0.1) is 0 Å². The number of aliphatic hydroxyl groups is 1. The Morgan fingerprint density at radius 2 is 2.19 bits per heavy atom. The van der Waals surface area contributed by atoms with E-state index in [9.17, 15) is 4.79 Å². The van der Waals surface area contributed by atoms with Gasteiger partial charge in [0, 0.05) is 19.2 Å². The smallest absolute Gasteiger partial charge is 0.236 e. The number of alkyl halides is 1. The van der Waals surface area contributed by atoms with Crippen LogP contribution < -0.4 is 0 Å². The van der Waals surface area contributed by atoms with Gasteiger partial charge in [0.15, 0.2) is 0 Å². The molecule has 1 rings (SSSR count). The summed E-state index contributed by atoms with van der Waals surface area (Å²) in [5.41, 5.74) is 0.0163. The van der Waals surface area contributed by atoms with E-state index in [1.165, 1.54) is 0 Å². The summed E-state index contributed by atoms with van der Waals surface area (Å²) in [7, 11) is 0. The largest absolute Gasteiger partial charge is 0.396 e. The van der Waals surface area contributed by atoms with Crippen LogP contribution in [0.15, 0.2) is 0 Å². The number of hydrogen-bond donors (Lipinski definition) is 1. The maximum absolute atomic E-state index is 12.1. The van der Waals surface area contributed by atoms with Crippen LogP contribution in [-0.2, 0) is 4.79 Å². The molecule has 4 heteroatoms. The number of nitrogens with zero attached hydrogens (tertiary/aromatic N) is 1. The molecule has 1 N–H and O–H groups in total. The minimum Gasteiger partial charge on any atom is -0.396 e. The molecule has 1 heterocycles. The van der Waals surface area contributed by atoms with E-state index in [-0.39, 0.29) is 28.8 Å². The Morgan fingerprint density at radius 1 is 1.56 bits per heavy atom. The van der Waals surface area contributed by atoms with Crippen molar-refractivity contribution in [2.75, 3.05) is 13.2 Å². The Balaban J connectivity index is 2.81. The lowest BCUT2D eigenvalue weighted by Gasteiger charge is -2.43. The molecule has 0 aromatic heterocycles. The molecule has 94 valence electrons. The highest BCUT2D eigenvalue weighted by molar-refractivity contribution is 9.10. The van der Waals surface area contributed by atoms with Crippen molar-refractivity contribution in [2.24, 2.45) is 5.41 Å². The van der Waals surface area contributed by atoms with E-state index < -0.39 is 0 Å². The summed E-state index contributed by atoms with van der Waals surface area (Å²) in [6, 6.07) is 0.130. The number of amides is 1. The molecule has 0 aromatic carbocycles. The van der Waals surface area contributed by atoms with Crippen LogP contribution in [0.1, 0.15) is 40.0 Å². The number of carbonyl (C=O) groups is 1. The average Bonchev–Trinajstić information content (AvgIpc) is 2.18. The Kier molecular flexibility index (Phi) is 4.80. The molecule has 1 amide bonds. The first-order valence-electron chi connectivity index (χ1n) is 5.93. The monoisotopic (exact) mass is 291 g/mol. The first-order valence-corrected chi connectivity index (χ1v) is 6.85. The second-order valence-electron chi connectivity index (χ2n) is 5.54. The zero-order valence-electron chi connectivity index (χ0n) is 10.4. The lowest BCUT2D eigenvalue weighted by atomic mass is 9.83. The van der Waals surface area contributed by atoms with Gasteiger partial charge < -0.3 is 10.0 Å². The SMILES string of the molecule is CC(C)(C)C(CCO)N1CCCC(Br)C1=O. The molecule has 0 bridgehead atoms. The molecular weight excluding hydrogens is 270 g/mol. The fourth-order valence-electron chi connectivity index (χ4n) is 2.34. The van der Waals surface area contributed by atoms with Crippen molar-refractivity contribution in [3.63, 3.8) is 0 Å². The summed E-state index contributed by atoms with van der Waals surface area (Å²) >= 11 is 3.43. The molecule has 0 aliphatic carbocycles. The summed E-state index contributed by atoms with van der Waals surface area (Å²) in [6.45, 7) is 7.33. The molecule has 1 aliphatic heterocycles. The van der Waals surface area contributed by atoms with Crippen molar-refractivity contribution in [3.8, 4) is 0 Å². The molecule has 0 aromatic rings. The van der Waals surface area contributed by atoms with Gasteiger partial charge in [-0.05, 0) is 24.7 Å². The van der Waals surface area contributed by atoms with Crippen molar-refractivity contribution in [2.45, 2.75) is 50.9 Å². The fraction of sp³-hybridized carbons (Fsp3) is 0.917. The van der Waals surface area contributed by atoms with E-state index in [0.29, 0.717) is 6.42 Å². The quantitative estimate of drug-likeness (QED) is 0.810. The van der Waals surface area contributed by atoms with Gasteiger partial charge in [0.05, 0.1) is 4.83 Å². The number of carbonyl (C=O) groups excluding carboxylic acids is 1. The third kappa shape index (κ3) is 3.20. The van der Waals surface area contributed by atoms with Crippen molar-refractivity contribution in [1.82, 2.24) is 4.90 Å². The van der Waals surface area contributed by atoms with Crippen LogP contribution in [0.5, 0.6) is 0 Å². The van der Waals surface area contributed by atoms with Crippen molar-refractivity contribution in [3.05, 3.63) is 0 Å². The van der Waals surface area contributed by atoms with Crippen molar-refractivity contribution in [1.29, 1.82) is 0 Å². The lowest BCUT2D eigenvalue weighted by molar-refractivity contribution is -0.138. The minimum atomic E-state index is -0.0372. The molecule has 3 nitrogen and oxygen atoms in total. The van der Waals surface area contributed by atoms with Gasteiger partial charge in [0.2, 0.25) is 5.91 Å². The Labute approximate surface area is 106 Å². The van der Waals surface area contributed by atoms with Crippen LogP contribution in [-0.4, -0.2) is 39.9 Å². The first-order chi connectivity index (χ1) is 7.38. The number of aliphatic hydroxyl groups excluding tert-OH is 1. The zero-order valence-corrected chi connectivity index (χ0v) is 12.0. The van der Waals surface area contributed by atoms with E-state index in [1.807, 2.05) is 4.90 Å². The summed E-state index contributed by atoms with van der Waals surface area (Å²) in [5, 5.41) is 9.13. The molecule has 2 unspecified atom stereocenters. The number of likely N-dealkylation sites (tertiary alicyclic amines) is 1. The van der Waals surface area contributed by atoms with Crippen LogP contribution in [0, 0.1) is 5.41 Å². The lowest BCUT2D eigenvalue weighted by Crippen LogP contribution is -2.52. The molecule has 2 atom stereocenters. The van der Waals surface area contributed by atoms with E-state index in [4.69, 9.17) is 5.11 Å². The van der Waals surface area contributed by atoms with Crippen molar-refractivity contribution >= 4 is 21.8 Å². The molecule has 1 fully saturated rings. The Morgan fingerprint density at radius 3 is 2.69 bits per heavy atom. The third-order valence-corrected chi connectivity index (χ3v) is 4.04. The van der Waals surface area contributed by atoms with Crippen LogP contribution in [0.25, 0.3) is 0 Å². The van der Waals surface area contributed by atoms with Gasteiger partial charge >= 0.3 is 0 Å². The van der Waals surface area contributed by atoms with E-state index >= 15 is 0 Å². The fourth-order valence-corrected chi connectivity index (χ4v) is 2.93. The highest BCUT2D eigenvalue weighted by Gasteiger charge is 2.36. The van der Waals surface area contributed by atoms with Crippen LogP contribution >= 0.6 is 15.9 Å². The predicted octanol–water partition coefficient (Wildman–Crippen LogP) is 2.17. The van der Waals surface area contributed by atoms with E-state index in [0.717, 1.165) is 19.4 Å². The molecule has 0 radical (unpaired) electrons. The molecular formula is C12H22BrNO2. The van der Waals surface area contributed by atoms with Crippen LogP contribution in [0.2, 0.25) is 0 Å². The summed E-state index contributed by atoms with van der Waals surface area (Å²) in [4.78, 5) is 14.0.